The van der Waals surface area contributed by atoms with Gasteiger partial charge in [-0.1, -0.05) is 45.4 Å². The zero-order chi connectivity index (χ0) is 13.5. The minimum Gasteiger partial charge on any atom is -0.481 e. The molecule has 0 unspecified atom stereocenters. The van der Waals surface area contributed by atoms with Gasteiger partial charge in [-0.2, -0.15) is 0 Å². The van der Waals surface area contributed by atoms with E-state index in [1.54, 1.807) is 5.48 Å². The van der Waals surface area contributed by atoms with Gasteiger partial charge in [-0.25, -0.2) is 5.48 Å². The van der Waals surface area contributed by atoms with Crippen LogP contribution < -0.4 is 5.48 Å². The fraction of sp³-hybridized carbons (Fsp3) is 0.833. The molecule has 0 fully saturated rings. The van der Waals surface area contributed by atoms with Gasteiger partial charge >= 0.3 is 0 Å². The molecule has 17 heavy (non-hydrogen) atoms. The third-order valence-corrected chi connectivity index (χ3v) is 2.13. The van der Waals surface area contributed by atoms with Crippen LogP contribution in [0.5, 0.6) is 0 Å². The molecule has 0 atom stereocenters. The molecular weight excluding hydrogens is 222 g/mol. The molecule has 0 radical (unpaired) electrons. The molecule has 0 rings (SSSR count). The quantitative estimate of drug-likeness (QED) is 0.349. The maximum absolute atomic E-state index is 10.6. The fourth-order valence-electron chi connectivity index (χ4n) is 1.30. The molecule has 0 aliphatic heterocycles. The Labute approximate surface area is 103 Å². The van der Waals surface area contributed by atoms with Crippen molar-refractivity contribution in [2.75, 3.05) is 0 Å². The number of aliphatic carboxylic acids is 1. The summed E-state index contributed by atoms with van der Waals surface area (Å²) in [5.74, 6) is -1.10. The zero-order valence-electron chi connectivity index (χ0n) is 10.9. The van der Waals surface area contributed by atoms with Crippen LogP contribution in [0.25, 0.3) is 0 Å². The maximum Gasteiger partial charge on any atom is 0.300 e. The van der Waals surface area contributed by atoms with E-state index >= 15 is 0 Å². The summed E-state index contributed by atoms with van der Waals surface area (Å²) < 4.78 is 0. The predicted molar refractivity (Wildman–Crippen MR) is 65.8 cm³/mol. The SMILES string of the molecule is CC(=O)O.CCCCCCCCCC(=O)NO. The third kappa shape index (κ3) is 25.3. The topological polar surface area (TPSA) is 86.6 Å². The lowest BCUT2D eigenvalue weighted by Gasteiger charge is -2.00. The van der Waals surface area contributed by atoms with E-state index in [4.69, 9.17) is 15.1 Å². The normalized spacial score (nSPS) is 9.12. The van der Waals surface area contributed by atoms with Crippen LogP contribution in [0.3, 0.4) is 0 Å². The number of carboxylic acids is 1. The Bertz CT molecular complexity index is 191. The first-order chi connectivity index (χ1) is 8.04. The van der Waals surface area contributed by atoms with Gasteiger partial charge in [0.05, 0.1) is 0 Å². The van der Waals surface area contributed by atoms with Gasteiger partial charge in [0.2, 0.25) is 5.91 Å². The molecule has 0 saturated carbocycles. The minimum absolute atomic E-state index is 0.270. The Hall–Kier alpha value is -1.10. The van der Waals surface area contributed by atoms with E-state index in [0.717, 1.165) is 19.8 Å². The van der Waals surface area contributed by atoms with Crippen molar-refractivity contribution < 1.29 is 19.9 Å². The summed E-state index contributed by atoms with van der Waals surface area (Å²) in [5, 5.41) is 15.6. The van der Waals surface area contributed by atoms with Crippen molar-refractivity contribution >= 4 is 11.9 Å². The van der Waals surface area contributed by atoms with Crippen LogP contribution in [-0.2, 0) is 9.59 Å². The van der Waals surface area contributed by atoms with Crippen molar-refractivity contribution in [3.05, 3.63) is 0 Å². The Morgan fingerprint density at radius 1 is 1.00 bits per heavy atom. The van der Waals surface area contributed by atoms with Gasteiger partial charge in [-0.15, -0.1) is 0 Å². The third-order valence-electron chi connectivity index (χ3n) is 2.13. The van der Waals surface area contributed by atoms with Crippen LogP contribution >= 0.6 is 0 Å². The summed E-state index contributed by atoms with van der Waals surface area (Å²) in [6.07, 6.45) is 8.81. The Balaban J connectivity index is 0. The molecule has 5 nitrogen and oxygen atoms in total. The summed E-state index contributed by atoms with van der Waals surface area (Å²) in [6, 6.07) is 0. The average molecular weight is 247 g/mol. The number of hydrogen-bond acceptors (Lipinski definition) is 3. The van der Waals surface area contributed by atoms with E-state index in [-0.39, 0.29) is 5.91 Å². The Morgan fingerprint density at radius 2 is 1.41 bits per heavy atom. The molecule has 0 spiro atoms. The number of rotatable bonds is 8. The van der Waals surface area contributed by atoms with Crippen molar-refractivity contribution in [2.24, 2.45) is 0 Å². The molecule has 0 aliphatic carbocycles. The molecule has 5 heteroatoms. The van der Waals surface area contributed by atoms with Gasteiger partial charge in [0.25, 0.3) is 5.97 Å². The average Bonchev–Trinajstić information content (AvgIpc) is 2.26. The second-order valence-electron chi connectivity index (χ2n) is 3.93. The van der Waals surface area contributed by atoms with Crippen molar-refractivity contribution in [2.45, 2.75) is 65.2 Å². The van der Waals surface area contributed by atoms with Crippen LogP contribution in [-0.4, -0.2) is 22.2 Å². The lowest BCUT2D eigenvalue weighted by molar-refractivity contribution is -0.134. The molecule has 0 aromatic rings. The lowest BCUT2D eigenvalue weighted by Crippen LogP contribution is -2.17. The standard InChI is InChI=1S/C10H21NO2.C2H4O2/c1-2-3-4-5-6-7-8-9-10(12)11-13;1-2(3)4/h13H,2-9H2,1H3,(H,11,12);1H3,(H,3,4). The van der Waals surface area contributed by atoms with Crippen molar-refractivity contribution in [3.63, 3.8) is 0 Å². The first-order valence-electron chi connectivity index (χ1n) is 6.17. The fourth-order valence-corrected chi connectivity index (χ4v) is 1.30. The van der Waals surface area contributed by atoms with E-state index < -0.39 is 5.97 Å². The number of hydroxylamine groups is 1. The second kappa shape index (κ2) is 14.9. The van der Waals surface area contributed by atoms with Crippen LogP contribution in [0.4, 0.5) is 0 Å². The van der Waals surface area contributed by atoms with Crippen LogP contribution in [0.1, 0.15) is 65.2 Å². The zero-order valence-corrected chi connectivity index (χ0v) is 10.9. The van der Waals surface area contributed by atoms with Gasteiger partial charge < -0.3 is 5.11 Å². The molecule has 0 aromatic carbocycles. The van der Waals surface area contributed by atoms with Crippen LogP contribution in [0.2, 0.25) is 0 Å². The number of carbonyl (C=O) groups excluding carboxylic acids is 1. The monoisotopic (exact) mass is 247 g/mol. The van der Waals surface area contributed by atoms with Gasteiger partial charge in [0, 0.05) is 13.3 Å². The number of nitrogens with one attached hydrogen (secondary N) is 1. The highest BCUT2D eigenvalue weighted by molar-refractivity contribution is 5.74. The van der Waals surface area contributed by atoms with E-state index in [9.17, 15) is 4.79 Å². The van der Waals surface area contributed by atoms with Crippen LogP contribution in [0.15, 0.2) is 0 Å². The molecule has 0 heterocycles. The van der Waals surface area contributed by atoms with E-state index in [1.807, 2.05) is 0 Å². The predicted octanol–water partition coefficient (Wildman–Crippen LogP) is 2.72. The number of amides is 1. The molecule has 0 bridgehead atoms. The molecular formula is C12H25NO4. The summed E-state index contributed by atoms with van der Waals surface area (Å²) in [7, 11) is 0. The molecule has 0 saturated heterocycles. The van der Waals surface area contributed by atoms with Gasteiger partial charge in [0.1, 0.15) is 0 Å². The van der Waals surface area contributed by atoms with Gasteiger partial charge in [-0.05, 0) is 6.42 Å². The highest BCUT2D eigenvalue weighted by atomic mass is 16.5. The number of carboxylic acid groups (broad SMARTS) is 1. The molecule has 1 amide bonds. The summed E-state index contributed by atoms with van der Waals surface area (Å²) in [5.41, 5.74) is 1.64. The van der Waals surface area contributed by atoms with Crippen LogP contribution in [0, 0.1) is 0 Å². The molecule has 0 aromatic heterocycles. The van der Waals surface area contributed by atoms with Gasteiger partial charge in [-0.3, -0.25) is 14.8 Å². The van der Waals surface area contributed by atoms with Gasteiger partial charge in [0.15, 0.2) is 0 Å². The van der Waals surface area contributed by atoms with Crippen molar-refractivity contribution in [3.8, 4) is 0 Å². The number of unbranched alkanes of at least 4 members (excludes halogenated alkanes) is 6. The highest BCUT2D eigenvalue weighted by Crippen LogP contribution is 2.07. The van der Waals surface area contributed by atoms with Crippen molar-refractivity contribution in [1.82, 2.24) is 5.48 Å². The largest absolute Gasteiger partial charge is 0.481 e. The summed E-state index contributed by atoms with van der Waals surface area (Å²) >= 11 is 0. The number of hydrogen-bond donors (Lipinski definition) is 3. The smallest absolute Gasteiger partial charge is 0.300 e. The van der Waals surface area contributed by atoms with E-state index in [2.05, 4.69) is 6.92 Å². The maximum atomic E-state index is 10.6. The lowest BCUT2D eigenvalue weighted by atomic mass is 10.1. The number of carbonyl (C=O) groups is 2. The summed E-state index contributed by atoms with van der Waals surface area (Å²) in [4.78, 5) is 19.6. The molecule has 3 N–H and O–H groups in total. The molecule has 102 valence electrons. The minimum atomic E-state index is -0.833. The Morgan fingerprint density at radius 3 is 1.82 bits per heavy atom. The highest BCUT2D eigenvalue weighted by Gasteiger charge is 1.97. The Kier molecular flexibility index (Phi) is 16.0. The van der Waals surface area contributed by atoms with E-state index in [1.165, 1.54) is 32.1 Å². The van der Waals surface area contributed by atoms with Crippen molar-refractivity contribution in [1.29, 1.82) is 0 Å². The second-order valence-corrected chi connectivity index (χ2v) is 3.93. The first-order valence-corrected chi connectivity index (χ1v) is 6.17. The van der Waals surface area contributed by atoms with E-state index in [0.29, 0.717) is 6.42 Å². The molecule has 0 aliphatic rings. The summed E-state index contributed by atoms with van der Waals surface area (Å²) in [6.45, 7) is 3.28. The first kappa shape index (κ1) is 18.3.